The molecule has 0 amide bonds. The SMILES string of the molecule is CC(O)(CBr)CCCC(=CCO)CO. The predicted molar refractivity (Wildman–Crippen MR) is 60.5 cm³/mol. The van der Waals surface area contributed by atoms with Crippen molar-refractivity contribution >= 4 is 15.9 Å². The third kappa shape index (κ3) is 6.54. The van der Waals surface area contributed by atoms with Crippen LogP contribution < -0.4 is 0 Å². The summed E-state index contributed by atoms with van der Waals surface area (Å²) in [6, 6.07) is 0. The van der Waals surface area contributed by atoms with Gasteiger partial charge in [-0.15, -0.1) is 0 Å². The smallest absolute Gasteiger partial charge is 0.0716 e. The lowest BCUT2D eigenvalue weighted by Gasteiger charge is -2.20. The Labute approximate surface area is 93.6 Å². The molecule has 0 rings (SSSR count). The van der Waals surface area contributed by atoms with E-state index in [9.17, 15) is 5.11 Å². The fraction of sp³-hybridized carbons (Fsp3) is 0.800. The topological polar surface area (TPSA) is 60.7 Å². The quantitative estimate of drug-likeness (QED) is 0.480. The van der Waals surface area contributed by atoms with E-state index in [0.29, 0.717) is 11.8 Å². The molecule has 0 aliphatic rings. The van der Waals surface area contributed by atoms with Gasteiger partial charge in [0.1, 0.15) is 0 Å². The van der Waals surface area contributed by atoms with Crippen molar-refractivity contribution in [1.82, 2.24) is 0 Å². The Morgan fingerprint density at radius 2 is 2.07 bits per heavy atom. The molecular weight excluding hydrogens is 248 g/mol. The van der Waals surface area contributed by atoms with E-state index in [-0.39, 0.29) is 13.2 Å². The van der Waals surface area contributed by atoms with E-state index in [2.05, 4.69) is 15.9 Å². The first-order chi connectivity index (χ1) is 6.55. The molecule has 0 heterocycles. The van der Waals surface area contributed by atoms with Crippen molar-refractivity contribution in [1.29, 1.82) is 0 Å². The second-order valence-electron chi connectivity index (χ2n) is 3.69. The van der Waals surface area contributed by atoms with Crippen LogP contribution in [0.4, 0.5) is 0 Å². The molecular formula is C10H19BrO3. The lowest BCUT2D eigenvalue weighted by Crippen LogP contribution is -2.25. The van der Waals surface area contributed by atoms with Gasteiger partial charge in [-0.3, -0.25) is 0 Å². The molecule has 0 spiro atoms. The molecule has 0 aromatic carbocycles. The summed E-state index contributed by atoms with van der Waals surface area (Å²) in [6.07, 6.45) is 3.83. The molecule has 4 heteroatoms. The van der Waals surface area contributed by atoms with Crippen molar-refractivity contribution in [3.8, 4) is 0 Å². The Balaban J connectivity index is 3.77. The molecule has 0 aromatic heterocycles. The minimum Gasteiger partial charge on any atom is -0.392 e. The monoisotopic (exact) mass is 266 g/mol. The molecule has 0 bridgehead atoms. The second kappa shape index (κ2) is 7.40. The Hall–Kier alpha value is 0.100. The highest BCUT2D eigenvalue weighted by Crippen LogP contribution is 2.18. The summed E-state index contributed by atoms with van der Waals surface area (Å²) in [5.41, 5.74) is 0.151. The van der Waals surface area contributed by atoms with Gasteiger partial charge in [0, 0.05) is 5.33 Å². The van der Waals surface area contributed by atoms with E-state index < -0.39 is 5.60 Å². The number of aliphatic hydroxyl groups is 3. The molecule has 0 aliphatic heterocycles. The number of hydrogen-bond acceptors (Lipinski definition) is 3. The van der Waals surface area contributed by atoms with Gasteiger partial charge in [-0.05, 0) is 31.8 Å². The van der Waals surface area contributed by atoms with Crippen molar-refractivity contribution in [2.24, 2.45) is 0 Å². The van der Waals surface area contributed by atoms with Gasteiger partial charge in [-0.1, -0.05) is 22.0 Å². The number of alkyl halides is 1. The number of rotatable bonds is 7. The summed E-state index contributed by atoms with van der Waals surface area (Å²) >= 11 is 3.23. The lowest BCUT2D eigenvalue weighted by atomic mass is 9.99. The summed E-state index contributed by atoms with van der Waals surface area (Å²) in [4.78, 5) is 0. The fourth-order valence-corrected chi connectivity index (χ4v) is 1.42. The van der Waals surface area contributed by atoms with Gasteiger partial charge >= 0.3 is 0 Å². The van der Waals surface area contributed by atoms with Crippen molar-refractivity contribution < 1.29 is 15.3 Å². The zero-order valence-electron chi connectivity index (χ0n) is 8.54. The molecule has 0 radical (unpaired) electrons. The third-order valence-electron chi connectivity index (χ3n) is 2.08. The Kier molecular flexibility index (Phi) is 7.45. The normalized spacial score (nSPS) is 16.8. The average Bonchev–Trinajstić information content (AvgIpc) is 2.16. The van der Waals surface area contributed by atoms with Gasteiger partial charge in [-0.25, -0.2) is 0 Å². The number of hydrogen-bond donors (Lipinski definition) is 3. The summed E-state index contributed by atoms with van der Waals surface area (Å²) in [6.45, 7) is 1.72. The Morgan fingerprint density at radius 1 is 1.43 bits per heavy atom. The van der Waals surface area contributed by atoms with Gasteiger partial charge in [0.2, 0.25) is 0 Å². The van der Waals surface area contributed by atoms with Gasteiger partial charge < -0.3 is 15.3 Å². The summed E-state index contributed by atoms with van der Waals surface area (Å²) in [7, 11) is 0. The van der Waals surface area contributed by atoms with Crippen LogP contribution in [0, 0.1) is 0 Å². The van der Waals surface area contributed by atoms with E-state index in [1.165, 1.54) is 0 Å². The molecule has 0 aromatic rings. The van der Waals surface area contributed by atoms with Crippen molar-refractivity contribution in [3.63, 3.8) is 0 Å². The minimum atomic E-state index is -0.681. The molecule has 0 aliphatic carbocycles. The lowest BCUT2D eigenvalue weighted by molar-refractivity contribution is 0.0750. The van der Waals surface area contributed by atoms with Crippen LogP contribution in [-0.4, -0.2) is 39.5 Å². The average molecular weight is 267 g/mol. The van der Waals surface area contributed by atoms with Crippen molar-refractivity contribution in [3.05, 3.63) is 11.6 Å². The van der Waals surface area contributed by atoms with Gasteiger partial charge in [-0.2, -0.15) is 0 Å². The van der Waals surface area contributed by atoms with Crippen LogP contribution >= 0.6 is 15.9 Å². The number of halogens is 1. The van der Waals surface area contributed by atoms with Crippen LogP contribution in [0.5, 0.6) is 0 Å². The van der Waals surface area contributed by atoms with Crippen LogP contribution in [0.2, 0.25) is 0 Å². The molecule has 3 nitrogen and oxygen atoms in total. The van der Waals surface area contributed by atoms with Gasteiger partial charge in [0.15, 0.2) is 0 Å². The van der Waals surface area contributed by atoms with Crippen LogP contribution in [-0.2, 0) is 0 Å². The third-order valence-corrected chi connectivity index (χ3v) is 3.29. The predicted octanol–water partition coefficient (Wildman–Crippen LogP) is 1.21. The largest absolute Gasteiger partial charge is 0.392 e. The summed E-state index contributed by atoms with van der Waals surface area (Å²) in [5, 5.41) is 27.7. The van der Waals surface area contributed by atoms with E-state index in [1.54, 1.807) is 13.0 Å². The zero-order valence-corrected chi connectivity index (χ0v) is 10.1. The first kappa shape index (κ1) is 14.1. The highest BCUT2D eigenvalue weighted by Gasteiger charge is 2.17. The van der Waals surface area contributed by atoms with Crippen LogP contribution in [0.15, 0.2) is 11.6 Å². The first-order valence-electron chi connectivity index (χ1n) is 4.73. The maximum Gasteiger partial charge on any atom is 0.0716 e. The molecule has 3 N–H and O–H groups in total. The van der Waals surface area contributed by atoms with Gasteiger partial charge in [0.25, 0.3) is 0 Å². The van der Waals surface area contributed by atoms with E-state index in [1.807, 2.05) is 0 Å². The Bertz CT molecular complexity index is 178. The zero-order chi connectivity index (χ0) is 11.0. The molecule has 14 heavy (non-hydrogen) atoms. The molecule has 0 fully saturated rings. The summed E-state index contributed by atoms with van der Waals surface area (Å²) in [5.74, 6) is 0. The molecule has 0 saturated heterocycles. The van der Waals surface area contributed by atoms with Crippen LogP contribution in [0.25, 0.3) is 0 Å². The maximum atomic E-state index is 9.66. The fourth-order valence-electron chi connectivity index (χ4n) is 1.14. The van der Waals surface area contributed by atoms with E-state index >= 15 is 0 Å². The van der Waals surface area contributed by atoms with Crippen molar-refractivity contribution in [2.45, 2.75) is 31.8 Å². The minimum absolute atomic E-state index is 0.0168. The highest BCUT2D eigenvalue weighted by molar-refractivity contribution is 9.09. The molecule has 1 atom stereocenters. The second-order valence-corrected chi connectivity index (χ2v) is 4.25. The van der Waals surface area contributed by atoms with Crippen LogP contribution in [0.1, 0.15) is 26.2 Å². The van der Waals surface area contributed by atoms with Crippen molar-refractivity contribution in [2.75, 3.05) is 18.5 Å². The van der Waals surface area contributed by atoms with Crippen LogP contribution in [0.3, 0.4) is 0 Å². The van der Waals surface area contributed by atoms with Gasteiger partial charge in [0.05, 0.1) is 18.8 Å². The first-order valence-corrected chi connectivity index (χ1v) is 5.86. The van der Waals surface area contributed by atoms with E-state index in [0.717, 1.165) is 18.4 Å². The highest BCUT2D eigenvalue weighted by atomic mass is 79.9. The Morgan fingerprint density at radius 3 is 2.50 bits per heavy atom. The molecule has 1 unspecified atom stereocenters. The van der Waals surface area contributed by atoms with E-state index in [4.69, 9.17) is 10.2 Å². The molecule has 84 valence electrons. The maximum absolute atomic E-state index is 9.66. The molecule has 0 saturated carbocycles. The summed E-state index contributed by atoms with van der Waals surface area (Å²) < 4.78 is 0. The standard InChI is InChI=1S/C10H19BrO3/c1-10(14,8-11)5-2-3-9(7-13)4-6-12/h4,12-14H,2-3,5-8H2,1H3. The number of aliphatic hydroxyl groups excluding tert-OH is 2.